The Kier molecular flexibility index (Phi) is 3.36. The van der Waals surface area contributed by atoms with Crippen LogP contribution < -0.4 is 0 Å². The third kappa shape index (κ3) is 2.43. The van der Waals surface area contributed by atoms with Crippen molar-refractivity contribution in [3.8, 4) is 0 Å². The minimum atomic E-state index is -4.32. The molecule has 0 aromatic heterocycles. The Bertz CT molecular complexity index is 551. The minimum absolute atomic E-state index is 0.178. The number of fused-ring (bicyclic) bond motifs is 1. The molecule has 0 N–H and O–H groups in total. The Morgan fingerprint density at radius 1 is 1.00 bits per heavy atom. The van der Waals surface area contributed by atoms with Crippen LogP contribution in [0.15, 0.2) is 36.4 Å². The number of hydrogen-bond acceptors (Lipinski definition) is 0. The number of hydrogen-bond donors (Lipinski definition) is 0. The fourth-order valence-electron chi connectivity index (χ4n) is 1.68. The highest BCUT2D eigenvalue weighted by Crippen LogP contribution is 2.43. The molecule has 1 unspecified atom stereocenters. The van der Waals surface area contributed by atoms with Gasteiger partial charge in [-0.25, -0.2) is 0 Å². The number of benzene rings is 2. The zero-order valence-corrected chi connectivity index (χ0v) is 10.8. The van der Waals surface area contributed by atoms with Gasteiger partial charge in [0.05, 0.1) is 0 Å². The third-order valence-electron chi connectivity index (χ3n) is 2.47. The van der Waals surface area contributed by atoms with Gasteiger partial charge < -0.3 is 0 Å². The van der Waals surface area contributed by atoms with E-state index >= 15 is 0 Å². The first-order valence-corrected chi connectivity index (χ1v) is 6.08. The van der Waals surface area contributed by atoms with Gasteiger partial charge in [0.25, 0.3) is 0 Å². The molecule has 0 fully saturated rings. The molecule has 17 heavy (non-hydrogen) atoms. The van der Waals surface area contributed by atoms with Crippen molar-refractivity contribution in [2.24, 2.45) is 0 Å². The van der Waals surface area contributed by atoms with Crippen molar-refractivity contribution < 1.29 is 13.2 Å². The van der Waals surface area contributed by atoms with E-state index in [2.05, 4.69) is 15.9 Å². The Morgan fingerprint density at radius 3 is 2.18 bits per heavy atom. The molecule has 5 heteroatoms. The molecule has 2 aromatic carbocycles. The molecule has 0 spiro atoms. The first-order valence-electron chi connectivity index (χ1n) is 4.79. The van der Waals surface area contributed by atoms with Crippen molar-refractivity contribution in [1.29, 1.82) is 0 Å². The highest BCUT2D eigenvalue weighted by molar-refractivity contribution is 9.09. The molecule has 2 aromatic rings. The maximum absolute atomic E-state index is 12.7. The molecule has 1 atom stereocenters. The lowest BCUT2D eigenvalue weighted by Gasteiger charge is -2.16. The van der Waals surface area contributed by atoms with E-state index in [0.717, 1.165) is 0 Å². The van der Waals surface area contributed by atoms with Crippen molar-refractivity contribution in [3.63, 3.8) is 0 Å². The molecule has 0 aliphatic heterocycles. The summed E-state index contributed by atoms with van der Waals surface area (Å²) in [7, 11) is 0. The highest BCUT2D eigenvalue weighted by Gasteiger charge is 2.39. The second kappa shape index (κ2) is 4.50. The van der Waals surface area contributed by atoms with Gasteiger partial charge in [0.15, 0.2) is 0 Å². The van der Waals surface area contributed by atoms with Crippen LogP contribution in [-0.4, -0.2) is 6.18 Å². The van der Waals surface area contributed by atoms with Crippen molar-refractivity contribution in [1.82, 2.24) is 0 Å². The van der Waals surface area contributed by atoms with Crippen LogP contribution in [0.3, 0.4) is 0 Å². The molecule has 0 bridgehead atoms. The van der Waals surface area contributed by atoms with Gasteiger partial charge in [0.2, 0.25) is 0 Å². The van der Waals surface area contributed by atoms with Gasteiger partial charge in [-0.05, 0) is 17.0 Å². The van der Waals surface area contributed by atoms with Gasteiger partial charge in [-0.3, -0.25) is 0 Å². The van der Waals surface area contributed by atoms with Gasteiger partial charge in [0, 0.05) is 10.4 Å². The fourth-order valence-corrected chi connectivity index (χ4v) is 2.31. The minimum Gasteiger partial charge on any atom is -0.169 e. The van der Waals surface area contributed by atoms with Crippen LogP contribution in [0, 0.1) is 0 Å². The molecule has 0 heterocycles. The molecular weight excluding hydrogens is 316 g/mol. The Hall–Kier alpha value is -0.740. The normalized spacial score (nSPS) is 13.9. The van der Waals surface area contributed by atoms with Crippen LogP contribution >= 0.6 is 27.5 Å². The van der Waals surface area contributed by atoms with Crippen molar-refractivity contribution in [2.45, 2.75) is 11.0 Å². The fraction of sp³-hybridized carbons (Fsp3) is 0.167. The molecule has 0 saturated heterocycles. The van der Waals surface area contributed by atoms with Crippen molar-refractivity contribution >= 4 is 38.3 Å². The maximum atomic E-state index is 12.7. The van der Waals surface area contributed by atoms with Crippen molar-refractivity contribution in [3.05, 3.63) is 47.0 Å². The lowest BCUT2D eigenvalue weighted by Crippen LogP contribution is -2.15. The number of alkyl halides is 4. The predicted octanol–water partition coefficient (Wildman–Crippen LogP) is 5.49. The summed E-state index contributed by atoms with van der Waals surface area (Å²) in [5, 5.41) is 1.59. The van der Waals surface area contributed by atoms with E-state index in [1.807, 2.05) is 0 Å². The molecule has 0 amide bonds. The summed E-state index contributed by atoms with van der Waals surface area (Å²) in [4.78, 5) is -1.68. The number of rotatable bonds is 1. The van der Waals surface area contributed by atoms with E-state index in [4.69, 9.17) is 11.6 Å². The maximum Gasteiger partial charge on any atom is 0.405 e. The first-order chi connectivity index (χ1) is 7.91. The summed E-state index contributed by atoms with van der Waals surface area (Å²) in [6.45, 7) is 0. The van der Waals surface area contributed by atoms with E-state index in [1.54, 1.807) is 24.3 Å². The van der Waals surface area contributed by atoms with E-state index < -0.39 is 11.0 Å². The molecule has 0 aliphatic carbocycles. The second-order valence-electron chi connectivity index (χ2n) is 3.59. The monoisotopic (exact) mass is 322 g/mol. The van der Waals surface area contributed by atoms with E-state index in [1.165, 1.54) is 12.1 Å². The summed E-state index contributed by atoms with van der Waals surface area (Å²) in [5.41, 5.74) is 0.178. The van der Waals surface area contributed by atoms with Crippen LogP contribution in [-0.2, 0) is 0 Å². The lowest BCUT2D eigenvalue weighted by molar-refractivity contribution is -0.128. The summed E-state index contributed by atoms with van der Waals surface area (Å²) >= 11 is 8.64. The SMILES string of the molecule is FC(F)(F)C(Br)c1ccc(Cl)c2ccccc12. The second-order valence-corrected chi connectivity index (χ2v) is 4.91. The predicted molar refractivity (Wildman–Crippen MR) is 66.7 cm³/mol. The summed E-state index contributed by atoms with van der Waals surface area (Å²) in [5.74, 6) is 0. The summed E-state index contributed by atoms with van der Waals surface area (Å²) in [6, 6.07) is 9.66. The van der Waals surface area contributed by atoms with Gasteiger partial charge in [-0.15, -0.1) is 0 Å². The molecule has 90 valence electrons. The quantitative estimate of drug-likeness (QED) is 0.609. The van der Waals surface area contributed by atoms with Crippen LogP contribution in [0.5, 0.6) is 0 Å². The molecule has 0 radical (unpaired) electrons. The van der Waals surface area contributed by atoms with Crippen LogP contribution in [0.25, 0.3) is 10.8 Å². The van der Waals surface area contributed by atoms with Gasteiger partial charge in [-0.1, -0.05) is 57.9 Å². The van der Waals surface area contributed by atoms with Gasteiger partial charge in [0.1, 0.15) is 4.83 Å². The Balaban J connectivity index is 2.67. The Morgan fingerprint density at radius 2 is 1.59 bits per heavy atom. The van der Waals surface area contributed by atoms with E-state index in [-0.39, 0.29) is 5.56 Å². The molecular formula is C12H7BrClF3. The average Bonchev–Trinajstić information content (AvgIpc) is 2.28. The number of halogens is 5. The van der Waals surface area contributed by atoms with Crippen LogP contribution in [0.4, 0.5) is 13.2 Å². The summed E-state index contributed by atoms with van der Waals surface area (Å²) < 4.78 is 38.1. The molecule has 2 rings (SSSR count). The smallest absolute Gasteiger partial charge is 0.169 e. The Labute approximate surface area is 110 Å². The largest absolute Gasteiger partial charge is 0.405 e. The third-order valence-corrected chi connectivity index (χ3v) is 3.81. The first kappa shape index (κ1) is 12.7. The topological polar surface area (TPSA) is 0 Å². The zero-order chi connectivity index (χ0) is 12.6. The van der Waals surface area contributed by atoms with Crippen molar-refractivity contribution in [2.75, 3.05) is 0 Å². The lowest BCUT2D eigenvalue weighted by atomic mass is 10.0. The molecule has 0 nitrogen and oxygen atoms in total. The highest BCUT2D eigenvalue weighted by atomic mass is 79.9. The standard InChI is InChI=1S/C12H7BrClF3/c13-11(12(15,16)17)9-5-6-10(14)8-4-2-1-3-7(8)9/h1-6,11H. The average molecular weight is 324 g/mol. The molecule has 0 saturated carbocycles. The summed E-state index contributed by atoms with van der Waals surface area (Å²) in [6.07, 6.45) is -4.32. The van der Waals surface area contributed by atoms with Gasteiger partial charge in [-0.2, -0.15) is 13.2 Å². The van der Waals surface area contributed by atoms with E-state index in [0.29, 0.717) is 15.8 Å². The van der Waals surface area contributed by atoms with Crippen LogP contribution in [0.2, 0.25) is 5.02 Å². The van der Waals surface area contributed by atoms with Gasteiger partial charge >= 0.3 is 6.18 Å². The van der Waals surface area contributed by atoms with Crippen LogP contribution in [0.1, 0.15) is 10.4 Å². The van der Waals surface area contributed by atoms with E-state index in [9.17, 15) is 13.2 Å². The zero-order valence-electron chi connectivity index (χ0n) is 8.43. The molecule has 0 aliphatic rings.